The van der Waals surface area contributed by atoms with Gasteiger partial charge in [0.15, 0.2) is 9.42 Å². The van der Waals surface area contributed by atoms with Crippen LogP contribution in [0.1, 0.15) is 19.6 Å². The largest absolute Gasteiger partial charge is 0.598 e. The van der Waals surface area contributed by atoms with E-state index < -0.39 is 16.1 Å². The number of hydrogen-bond donors (Lipinski definition) is 1. The van der Waals surface area contributed by atoms with Gasteiger partial charge in [0.2, 0.25) is 0 Å². The van der Waals surface area contributed by atoms with E-state index in [4.69, 9.17) is 9.56 Å². The molecule has 0 aliphatic carbocycles. The molecule has 0 saturated carbocycles. The lowest BCUT2D eigenvalue weighted by Gasteiger charge is -2.19. The average Bonchev–Trinajstić information content (AvgIpc) is 2.48. The van der Waals surface area contributed by atoms with Crippen molar-refractivity contribution in [2.24, 2.45) is 5.14 Å². The third-order valence-corrected chi connectivity index (χ3v) is 3.36. The molecule has 14 heavy (non-hydrogen) atoms. The van der Waals surface area contributed by atoms with E-state index in [2.05, 4.69) is 15.9 Å². The van der Waals surface area contributed by atoms with Crippen molar-refractivity contribution in [3.8, 4) is 0 Å². The number of hydrogen-bond acceptors (Lipinski definition) is 3. The molecule has 0 amide bonds. The van der Waals surface area contributed by atoms with Crippen LogP contribution in [0, 0.1) is 0 Å². The number of nitrogens with two attached hydrogens (primary N) is 1. The Balaban J connectivity index is 2.73. The summed E-state index contributed by atoms with van der Waals surface area (Å²) in [5.41, 5.74) is 0. The van der Waals surface area contributed by atoms with Crippen LogP contribution in [0.2, 0.25) is 0 Å². The molecule has 5 heteroatoms. The predicted octanol–water partition coefficient (Wildman–Crippen LogP) is 2.46. The first-order chi connectivity index (χ1) is 6.42. The van der Waals surface area contributed by atoms with E-state index >= 15 is 0 Å². The lowest BCUT2D eigenvalue weighted by Crippen LogP contribution is -2.35. The highest BCUT2D eigenvalue weighted by atomic mass is 79.9. The predicted molar refractivity (Wildman–Crippen MR) is 61.9 cm³/mol. The molecule has 0 radical (unpaired) electrons. The van der Waals surface area contributed by atoms with Gasteiger partial charge in [-0.1, -0.05) is 0 Å². The second-order valence-corrected chi connectivity index (χ2v) is 5.80. The molecule has 78 valence electrons. The maximum atomic E-state index is 11.1. The Morgan fingerprint density at radius 1 is 1.57 bits per heavy atom. The van der Waals surface area contributed by atoms with E-state index in [1.54, 1.807) is 32.1 Å². The first kappa shape index (κ1) is 11.8. The van der Waals surface area contributed by atoms with Gasteiger partial charge in [-0.05, 0) is 54.1 Å². The Bertz CT molecular complexity index is 333. The molecule has 0 aliphatic heterocycles. The first-order valence-corrected chi connectivity index (χ1v) is 6.03. The van der Waals surface area contributed by atoms with Crippen molar-refractivity contribution >= 4 is 33.4 Å². The van der Waals surface area contributed by atoms with Crippen molar-refractivity contribution in [2.75, 3.05) is 0 Å². The molecule has 0 aliphatic rings. The van der Waals surface area contributed by atoms with E-state index in [1.807, 2.05) is 6.07 Å². The number of halogens is 1. The molecule has 2 N–H and O–H groups in total. The highest BCUT2D eigenvalue weighted by Crippen LogP contribution is 2.19. The van der Waals surface area contributed by atoms with Crippen LogP contribution in [0.3, 0.4) is 0 Å². The maximum Gasteiger partial charge on any atom is 0.169 e. The zero-order chi connectivity index (χ0) is 10.8. The summed E-state index contributed by atoms with van der Waals surface area (Å²) in [5, 5.41) is 5.32. The second kappa shape index (κ2) is 4.53. The minimum atomic E-state index is -1.38. The van der Waals surface area contributed by atoms with Gasteiger partial charge in [-0.3, -0.25) is 0 Å². The Labute approximate surface area is 94.8 Å². The fraction of sp³-hybridized carbons (Fsp3) is 0.333. The standard InChI is InChI=1S/C9H12BrNO2S/c1-9(2,14(11)12)6-5-7-3-4-8(10)13-7/h3-6H,11H2,1-2H3. The smallest absolute Gasteiger partial charge is 0.169 e. The Kier molecular flexibility index (Phi) is 3.83. The van der Waals surface area contributed by atoms with Crippen molar-refractivity contribution in [2.45, 2.75) is 18.6 Å². The summed E-state index contributed by atoms with van der Waals surface area (Å²) in [7, 11) is 0. The fourth-order valence-corrected chi connectivity index (χ4v) is 1.29. The van der Waals surface area contributed by atoms with Crippen LogP contribution in [0.4, 0.5) is 0 Å². The summed E-state index contributed by atoms with van der Waals surface area (Å²) in [6.45, 7) is 3.61. The molecule has 0 aromatic carbocycles. The monoisotopic (exact) mass is 277 g/mol. The van der Waals surface area contributed by atoms with Crippen LogP contribution in [0.15, 0.2) is 27.3 Å². The molecular weight excluding hydrogens is 266 g/mol. The average molecular weight is 278 g/mol. The molecule has 0 bridgehead atoms. The van der Waals surface area contributed by atoms with Gasteiger partial charge in [0.05, 0.1) is 0 Å². The zero-order valence-corrected chi connectivity index (χ0v) is 10.4. The summed E-state index contributed by atoms with van der Waals surface area (Å²) in [6, 6.07) is 3.61. The fourth-order valence-electron chi connectivity index (χ4n) is 0.768. The van der Waals surface area contributed by atoms with Crippen LogP contribution in [-0.4, -0.2) is 9.30 Å². The molecule has 1 unspecified atom stereocenters. The summed E-state index contributed by atoms with van der Waals surface area (Å²) >= 11 is 1.81. The van der Waals surface area contributed by atoms with Gasteiger partial charge in [-0.15, -0.1) is 0 Å². The first-order valence-electron chi connectivity index (χ1n) is 4.03. The van der Waals surface area contributed by atoms with Crippen LogP contribution < -0.4 is 5.14 Å². The van der Waals surface area contributed by atoms with E-state index in [0.717, 1.165) is 0 Å². The third kappa shape index (κ3) is 3.16. The van der Waals surface area contributed by atoms with Crippen molar-refractivity contribution in [1.29, 1.82) is 0 Å². The van der Waals surface area contributed by atoms with E-state index in [9.17, 15) is 4.55 Å². The lowest BCUT2D eigenvalue weighted by atomic mass is 10.2. The van der Waals surface area contributed by atoms with Gasteiger partial charge >= 0.3 is 0 Å². The minimum Gasteiger partial charge on any atom is -0.598 e. The van der Waals surface area contributed by atoms with Gasteiger partial charge in [0.1, 0.15) is 5.76 Å². The van der Waals surface area contributed by atoms with Crippen LogP contribution in [0.5, 0.6) is 0 Å². The van der Waals surface area contributed by atoms with Gasteiger partial charge in [0, 0.05) is 11.4 Å². The molecule has 1 heterocycles. The molecule has 0 saturated heterocycles. The van der Waals surface area contributed by atoms with E-state index in [-0.39, 0.29) is 0 Å². The Morgan fingerprint density at radius 3 is 2.64 bits per heavy atom. The SMILES string of the molecule is CC(C)(C=Cc1ccc(Br)o1)[S+](N)[O-]. The Morgan fingerprint density at radius 2 is 2.21 bits per heavy atom. The highest BCUT2D eigenvalue weighted by Gasteiger charge is 2.25. The van der Waals surface area contributed by atoms with Gasteiger partial charge in [-0.25, -0.2) is 0 Å². The minimum absolute atomic E-state index is 0.542. The molecule has 1 aromatic heterocycles. The van der Waals surface area contributed by atoms with Gasteiger partial charge < -0.3 is 8.97 Å². The quantitative estimate of drug-likeness (QED) is 0.864. The normalized spacial score (nSPS) is 14.9. The highest BCUT2D eigenvalue weighted by molar-refractivity contribution is 9.10. The second-order valence-electron chi connectivity index (χ2n) is 3.38. The van der Waals surface area contributed by atoms with Gasteiger partial charge in [0.25, 0.3) is 0 Å². The molecule has 1 atom stereocenters. The Hall–Kier alpha value is -0.230. The zero-order valence-electron chi connectivity index (χ0n) is 7.99. The summed E-state index contributed by atoms with van der Waals surface area (Å²) in [5.74, 6) is 0.704. The maximum absolute atomic E-state index is 11.1. The van der Waals surface area contributed by atoms with Crippen molar-refractivity contribution < 1.29 is 8.97 Å². The molecular formula is C9H12BrNO2S. The van der Waals surface area contributed by atoms with E-state index in [0.29, 0.717) is 10.4 Å². The van der Waals surface area contributed by atoms with Crippen LogP contribution in [0.25, 0.3) is 6.08 Å². The molecule has 0 fully saturated rings. The topological polar surface area (TPSA) is 62.2 Å². The third-order valence-electron chi connectivity index (χ3n) is 1.76. The molecule has 1 aromatic rings. The van der Waals surface area contributed by atoms with Gasteiger partial charge in [-0.2, -0.15) is 5.14 Å². The summed E-state index contributed by atoms with van der Waals surface area (Å²) in [6.07, 6.45) is 3.53. The number of rotatable bonds is 3. The van der Waals surface area contributed by atoms with Crippen molar-refractivity contribution in [3.63, 3.8) is 0 Å². The summed E-state index contributed by atoms with van der Waals surface area (Å²) in [4.78, 5) is 0. The summed E-state index contributed by atoms with van der Waals surface area (Å²) < 4.78 is 16.5. The molecule has 3 nitrogen and oxygen atoms in total. The van der Waals surface area contributed by atoms with Crippen molar-refractivity contribution in [1.82, 2.24) is 0 Å². The van der Waals surface area contributed by atoms with Crippen LogP contribution >= 0.6 is 15.9 Å². The van der Waals surface area contributed by atoms with E-state index in [1.165, 1.54) is 0 Å². The molecule has 1 rings (SSSR count). The lowest BCUT2D eigenvalue weighted by molar-refractivity contribution is 0.531. The number of furan rings is 1. The van der Waals surface area contributed by atoms with Crippen LogP contribution in [-0.2, 0) is 11.4 Å². The van der Waals surface area contributed by atoms with Crippen molar-refractivity contribution in [3.05, 3.63) is 28.6 Å². The molecule has 0 spiro atoms.